The van der Waals surface area contributed by atoms with Crippen molar-refractivity contribution in [2.75, 3.05) is 19.7 Å². The van der Waals surface area contributed by atoms with Gasteiger partial charge in [-0.3, -0.25) is 14.9 Å². The third-order valence-electron chi connectivity index (χ3n) is 3.19. The lowest BCUT2D eigenvalue weighted by molar-refractivity contribution is -0.384. The molecule has 0 aliphatic carbocycles. The van der Waals surface area contributed by atoms with Crippen molar-refractivity contribution in [3.63, 3.8) is 0 Å². The van der Waals surface area contributed by atoms with Crippen LogP contribution < -0.4 is 4.74 Å². The summed E-state index contributed by atoms with van der Waals surface area (Å²) >= 11 is 5.90. The summed E-state index contributed by atoms with van der Waals surface area (Å²) < 4.78 is 5.32. The number of carbonyl (C=O) groups is 1. The molecule has 0 aromatic heterocycles. The van der Waals surface area contributed by atoms with Crippen LogP contribution in [0.4, 0.5) is 5.69 Å². The summed E-state index contributed by atoms with van der Waals surface area (Å²) in [6.45, 7) is 1.33. The van der Waals surface area contributed by atoms with Crippen LogP contribution in [0.1, 0.15) is 19.3 Å². The van der Waals surface area contributed by atoms with Gasteiger partial charge in [-0.25, -0.2) is 0 Å². The van der Waals surface area contributed by atoms with E-state index in [0.29, 0.717) is 0 Å². The van der Waals surface area contributed by atoms with Crippen molar-refractivity contribution in [1.82, 2.24) is 4.90 Å². The zero-order valence-electron chi connectivity index (χ0n) is 10.9. The Labute approximate surface area is 121 Å². The van der Waals surface area contributed by atoms with Gasteiger partial charge in [0.2, 0.25) is 0 Å². The Hall–Kier alpha value is -1.82. The summed E-state index contributed by atoms with van der Waals surface area (Å²) in [5, 5.41) is 10.9. The maximum absolute atomic E-state index is 11.9. The normalized spacial score (nSPS) is 14.9. The predicted molar refractivity (Wildman–Crippen MR) is 74.0 cm³/mol. The number of nitro groups is 1. The number of non-ortho nitro benzene ring substituents is 1. The van der Waals surface area contributed by atoms with Gasteiger partial charge in [-0.15, -0.1) is 0 Å². The second-order valence-electron chi connectivity index (χ2n) is 4.60. The number of carbonyl (C=O) groups excluding carboxylic acids is 1. The highest BCUT2D eigenvalue weighted by atomic mass is 35.5. The van der Waals surface area contributed by atoms with Crippen molar-refractivity contribution in [1.29, 1.82) is 0 Å². The van der Waals surface area contributed by atoms with Crippen LogP contribution in [0.15, 0.2) is 18.2 Å². The van der Waals surface area contributed by atoms with Crippen molar-refractivity contribution >= 4 is 23.2 Å². The molecule has 1 aliphatic heterocycles. The monoisotopic (exact) mass is 298 g/mol. The molecule has 0 unspecified atom stereocenters. The quantitative estimate of drug-likeness (QED) is 0.633. The molecular formula is C13H15ClN2O4. The van der Waals surface area contributed by atoms with Gasteiger partial charge in [-0.2, -0.15) is 0 Å². The Morgan fingerprint density at radius 3 is 2.70 bits per heavy atom. The van der Waals surface area contributed by atoms with Crippen LogP contribution in [-0.2, 0) is 4.79 Å². The molecule has 0 bridgehead atoms. The second-order valence-corrected chi connectivity index (χ2v) is 5.01. The van der Waals surface area contributed by atoms with E-state index < -0.39 is 4.92 Å². The van der Waals surface area contributed by atoms with E-state index >= 15 is 0 Å². The molecule has 1 fully saturated rings. The van der Waals surface area contributed by atoms with Crippen molar-refractivity contribution < 1.29 is 14.5 Å². The largest absolute Gasteiger partial charge is 0.482 e. The average Bonchev–Trinajstić information content (AvgIpc) is 2.46. The number of ether oxygens (including phenoxy) is 1. The first-order valence-corrected chi connectivity index (χ1v) is 6.80. The van der Waals surface area contributed by atoms with Gasteiger partial charge < -0.3 is 9.64 Å². The highest BCUT2D eigenvalue weighted by Gasteiger charge is 2.18. The third-order valence-corrected chi connectivity index (χ3v) is 3.50. The lowest BCUT2D eigenvalue weighted by Crippen LogP contribution is -2.38. The van der Waals surface area contributed by atoms with Gasteiger partial charge in [0.1, 0.15) is 5.75 Å². The topological polar surface area (TPSA) is 72.7 Å². The lowest BCUT2D eigenvalue weighted by Gasteiger charge is -2.26. The minimum Gasteiger partial charge on any atom is -0.482 e. The van der Waals surface area contributed by atoms with Crippen LogP contribution in [0, 0.1) is 10.1 Å². The third kappa shape index (κ3) is 3.60. The van der Waals surface area contributed by atoms with Crippen LogP contribution in [0.5, 0.6) is 5.75 Å². The molecule has 1 saturated heterocycles. The van der Waals surface area contributed by atoms with E-state index in [2.05, 4.69) is 0 Å². The van der Waals surface area contributed by atoms with E-state index in [1.54, 1.807) is 4.90 Å². The van der Waals surface area contributed by atoms with E-state index in [0.717, 1.165) is 32.4 Å². The zero-order valence-corrected chi connectivity index (χ0v) is 11.6. The molecule has 1 heterocycles. The fraction of sp³-hybridized carbons (Fsp3) is 0.462. The number of halogens is 1. The van der Waals surface area contributed by atoms with Crippen LogP contribution in [0.2, 0.25) is 5.02 Å². The Bertz CT molecular complexity index is 515. The minimum atomic E-state index is -0.532. The standard InChI is InChI=1S/C13H15ClN2O4/c14-11-5-4-10(16(18)19)8-12(11)20-9-13(17)15-6-2-1-3-7-15/h4-5,8H,1-3,6-7,9H2. The number of hydrogen-bond acceptors (Lipinski definition) is 4. The molecule has 20 heavy (non-hydrogen) atoms. The zero-order chi connectivity index (χ0) is 14.5. The van der Waals surface area contributed by atoms with Crippen molar-refractivity contribution in [3.8, 4) is 5.75 Å². The molecule has 0 spiro atoms. The maximum atomic E-state index is 11.9. The Morgan fingerprint density at radius 2 is 2.05 bits per heavy atom. The Kier molecular flexibility index (Phi) is 4.79. The van der Waals surface area contributed by atoms with Gasteiger partial charge in [0.05, 0.1) is 16.0 Å². The summed E-state index contributed by atoms with van der Waals surface area (Å²) in [5.74, 6) is 0.0403. The first-order chi connectivity index (χ1) is 9.58. The number of benzene rings is 1. The molecule has 7 heteroatoms. The van der Waals surface area contributed by atoms with Crippen molar-refractivity contribution in [2.24, 2.45) is 0 Å². The number of nitro benzene ring substituents is 1. The molecule has 0 N–H and O–H groups in total. The summed E-state index contributed by atoms with van der Waals surface area (Å²) in [6.07, 6.45) is 3.15. The van der Waals surface area contributed by atoms with E-state index in [-0.39, 0.29) is 29.0 Å². The minimum absolute atomic E-state index is 0.116. The molecule has 0 atom stereocenters. The summed E-state index contributed by atoms with van der Waals surface area (Å²) in [5.41, 5.74) is -0.116. The second kappa shape index (κ2) is 6.56. The smallest absolute Gasteiger partial charge is 0.273 e. The summed E-state index contributed by atoms with van der Waals surface area (Å²) in [6, 6.07) is 3.91. The SMILES string of the molecule is O=C(COc1cc([N+](=O)[O-])ccc1Cl)N1CCCCC1. The van der Waals surface area contributed by atoms with E-state index in [1.807, 2.05) is 0 Å². The molecule has 1 aromatic carbocycles. The van der Waals surface area contributed by atoms with Crippen LogP contribution >= 0.6 is 11.6 Å². The fourth-order valence-electron chi connectivity index (χ4n) is 2.09. The number of nitrogens with zero attached hydrogens (tertiary/aromatic N) is 2. The summed E-state index contributed by atoms with van der Waals surface area (Å²) in [7, 11) is 0. The number of rotatable bonds is 4. The fourth-order valence-corrected chi connectivity index (χ4v) is 2.26. The number of hydrogen-bond donors (Lipinski definition) is 0. The van der Waals surface area contributed by atoms with E-state index in [4.69, 9.17) is 16.3 Å². The van der Waals surface area contributed by atoms with E-state index in [1.165, 1.54) is 18.2 Å². The number of likely N-dealkylation sites (tertiary alicyclic amines) is 1. The predicted octanol–water partition coefficient (Wildman–Crippen LogP) is 2.64. The van der Waals surface area contributed by atoms with Crippen LogP contribution in [0.3, 0.4) is 0 Å². The lowest BCUT2D eigenvalue weighted by atomic mass is 10.1. The first-order valence-electron chi connectivity index (χ1n) is 6.42. The van der Waals surface area contributed by atoms with Gasteiger partial charge in [0.25, 0.3) is 11.6 Å². The Balaban J connectivity index is 1.97. The van der Waals surface area contributed by atoms with Gasteiger partial charge >= 0.3 is 0 Å². The highest BCUT2D eigenvalue weighted by Crippen LogP contribution is 2.28. The van der Waals surface area contributed by atoms with Crippen molar-refractivity contribution in [3.05, 3.63) is 33.3 Å². The molecule has 1 aromatic rings. The van der Waals surface area contributed by atoms with Crippen LogP contribution in [-0.4, -0.2) is 35.4 Å². The van der Waals surface area contributed by atoms with Gasteiger partial charge in [-0.05, 0) is 25.3 Å². The average molecular weight is 299 g/mol. The molecule has 6 nitrogen and oxygen atoms in total. The molecular weight excluding hydrogens is 284 g/mol. The molecule has 108 valence electrons. The highest BCUT2D eigenvalue weighted by molar-refractivity contribution is 6.32. The van der Waals surface area contributed by atoms with E-state index in [9.17, 15) is 14.9 Å². The molecule has 1 amide bonds. The molecule has 0 radical (unpaired) electrons. The Morgan fingerprint density at radius 1 is 1.35 bits per heavy atom. The number of amides is 1. The number of piperidine rings is 1. The molecule has 2 rings (SSSR count). The summed E-state index contributed by atoms with van der Waals surface area (Å²) in [4.78, 5) is 23.8. The molecule has 0 saturated carbocycles. The van der Waals surface area contributed by atoms with Crippen LogP contribution in [0.25, 0.3) is 0 Å². The van der Waals surface area contributed by atoms with Crippen molar-refractivity contribution in [2.45, 2.75) is 19.3 Å². The van der Waals surface area contributed by atoms with Gasteiger partial charge in [0, 0.05) is 19.2 Å². The molecule has 1 aliphatic rings. The first kappa shape index (κ1) is 14.6. The maximum Gasteiger partial charge on any atom is 0.273 e. The van der Waals surface area contributed by atoms with Gasteiger partial charge in [-0.1, -0.05) is 11.6 Å². The van der Waals surface area contributed by atoms with Gasteiger partial charge in [0.15, 0.2) is 6.61 Å².